The number of methoxy groups -OCH3 is 2. The first-order valence-electron chi connectivity index (χ1n) is 9.02. The molecule has 0 amide bonds. The fourth-order valence-electron chi connectivity index (χ4n) is 3.10. The Balaban J connectivity index is 2.15. The SMILES string of the molecule is CNC(C)c1ccccc1P(c1ccc(OC)cc1)c1ccc(OC)cc1. The third-order valence-corrected chi connectivity index (χ3v) is 7.26. The van der Waals surface area contributed by atoms with Crippen molar-refractivity contribution in [1.29, 1.82) is 0 Å². The van der Waals surface area contributed by atoms with E-state index in [0.29, 0.717) is 0 Å². The summed E-state index contributed by atoms with van der Waals surface area (Å²) in [6.07, 6.45) is 0. The summed E-state index contributed by atoms with van der Waals surface area (Å²) in [6.45, 7) is 2.20. The molecule has 0 aliphatic rings. The number of benzene rings is 3. The Labute approximate surface area is 163 Å². The minimum absolute atomic E-state index is 0.280. The quantitative estimate of drug-likeness (QED) is 0.635. The Morgan fingerprint density at radius 1 is 0.741 bits per heavy atom. The minimum Gasteiger partial charge on any atom is -0.497 e. The molecule has 3 aromatic rings. The molecule has 4 heteroatoms. The van der Waals surface area contributed by atoms with Gasteiger partial charge in [-0.3, -0.25) is 0 Å². The molecule has 3 rings (SSSR count). The Kier molecular flexibility index (Phi) is 6.49. The maximum atomic E-state index is 5.35. The molecule has 0 aromatic heterocycles. The third kappa shape index (κ3) is 4.32. The van der Waals surface area contributed by atoms with E-state index in [2.05, 4.69) is 60.8 Å². The number of hydrogen-bond donors (Lipinski definition) is 1. The van der Waals surface area contributed by atoms with Gasteiger partial charge in [0, 0.05) is 6.04 Å². The molecule has 0 fully saturated rings. The summed E-state index contributed by atoms with van der Waals surface area (Å²) in [4.78, 5) is 0. The van der Waals surface area contributed by atoms with Crippen LogP contribution in [0, 0.1) is 0 Å². The second-order valence-corrected chi connectivity index (χ2v) is 8.49. The molecule has 0 aliphatic carbocycles. The van der Waals surface area contributed by atoms with Crippen molar-refractivity contribution < 1.29 is 9.47 Å². The van der Waals surface area contributed by atoms with Crippen molar-refractivity contribution in [2.75, 3.05) is 21.3 Å². The fourth-order valence-corrected chi connectivity index (χ4v) is 5.61. The molecular formula is C23H26NO2P. The highest BCUT2D eigenvalue weighted by Crippen LogP contribution is 2.36. The Bertz CT molecular complexity index is 815. The summed E-state index contributed by atoms with van der Waals surface area (Å²) < 4.78 is 10.7. The zero-order valence-electron chi connectivity index (χ0n) is 16.3. The predicted octanol–water partition coefficient (Wildman–Crippen LogP) is 3.74. The van der Waals surface area contributed by atoms with Gasteiger partial charge in [0.2, 0.25) is 0 Å². The molecule has 0 spiro atoms. The lowest BCUT2D eigenvalue weighted by atomic mass is 10.1. The summed E-state index contributed by atoms with van der Waals surface area (Å²) >= 11 is 0. The van der Waals surface area contributed by atoms with Crippen LogP contribution in [-0.2, 0) is 0 Å². The van der Waals surface area contributed by atoms with Gasteiger partial charge in [-0.15, -0.1) is 0 Å². The summed E-state index contributed by atoms with van der Waals surface area (Å²) in [5.74, 6) is 1.75. The Morgan fingerprint density at radius 2 is 1.22 bits per heavy atom. The number of ether oxygens (including phenoxy) is 2. The molecular weight excluding hydrogens is 353 g/mol. The van der Waals surface area contributed by atoms with Crippen molar-refractivity contribution >= 4 is 23.8 Å². The standard InChI is InChI=1S/C23H26NO2P/c1-17(24-2)22-7-5-6-8-23(22)27(20-13-9-18(25-3)10-14-20)21-15-11-19(26-4)12-16-21/h5-17,24H,1-4H3. The monoisotopic (exact) mass is 379 g/mol. The second-order valence-electron chi connectivity index (χ2n) is 6.30. The zero-order chi connectivity index (χ0) is 19.2. The van der Waals surface area contributed by atoms with E-state index in [-0.39, 0.29) is 6.04 Å². The van der Waals surface area contributed by atoms with Crippen molar-refractivity contribution in [2.45, 2.75) is 13.0 Å². The molecule has 0 saturated carbocycles. The normalized spacial score (nSPS) is 12.0. The Morgan fingerprint density at radius 3 is 1.67 bits per heavy atom. The van der Waals surface area contributed by atoms with E-state index in [1.807, 2.05) is 31.3 Å². The molecule has 140 valence electrons. The zero-order valence-corrected chi connectivity index (χ0v) is 17.2. The second kappa shape index (κ2) is 9.03. The van der Waals surface area contributed by atoms with Crippen LogP contribution in [0.1, 0.15) is 18.5 Å². The van der Waals surface area contributed by atoms with E-state index in [1.165, 1.54) is 21.5 Å². The van der Waals surface area contributed by atoms with Crippen LogP contribution in [0.5, 0.6) is 11.5 Å². The highest BCUT2D eigenvalue weighted by Gasteiger charge is 2.21. The van der Waals surface area contributed by atoms with E-state index in [1.54, 1.807) is 14.2 Å². The van der Waals surface area contributed by atoms with E-state index < -0.39 is 7.92 Å². The lowest BCUT2D eigenvalue weighted by molar-refractivity contribution is 0.415. The van der Waals surface area contributed by atoms with Gasteiger partial charge in [0.15, 0.2) is 0 Å². The van der Waals surface area contributed by atoms with Crippen molar-refractivity contribution in [1.82, 2.24) is 5.32 Å². The van der Waals surface area contributed by atoms with Gasteiger partial charge in [-0.25, -0.2) is 0 Å². The lowest BCUT2D eigenvalue weighted by Crippen LogP contribution is -2.27. The first kappa shape index (κ1) is 19.4. The molecule has 27 heavy (non-hydrogen) atoms. The van der Waals surface area contributed by atoms with Gasteiger partial charge in [-0.2, -0.15) is 0 Å². The molecule has 0 heterocycles. The highest BCUT2D eigenvalue weighted by atomic mass is 31.1. The molecule has 0 bridgehead atoms. The van der Waals surface area contributed by atoms with Crippen molar-refractivity contribution in [3.8, 4) is 11.5 Å². The van der Waals surface area contributed by atoms with E-state index >= 15 is 0 Å². The summed E-state index contributed by atoms with van der Waals surface area (Å²) in [7, 11) is 4.71. The fraction of sp³-hybridized carbons (Fsp3) is 0.217. The molecule has 3 aromatic carbocycles. The van der Waals surface area contributed by atoms with Gasteiger partial charge < -0.3 is 14.8 Å². The third-order valence-electron chi connectivity index (χ3n) is 4.74. The summed E-state index contributed by atoms with van der Waals surface area (Å²) in [5.41, 5.74) is 1.33. The van der Waals surface area contributed by atoms with Crippen LogP contribution in [0.3, 0.4) is 0 Å². The lowest BCUT2D eigenvalue weighted by Gasteiger charge is -2.25. The largest absolute Gasteiger partial charge is 0.497 e. The molecule has 1 atom stereocenters. The molecule has 1 unspecified atom stereocenters. The van der Waals surface area contributed by atoms with E-state index in [9.17, 15) is 0 Å². The summed E-state index contributed by atoms with van der Waals surface area (Å²) in [6, 6.07) is 25.9. The number of hydrogen-bond acceptors (Lipinski definition) is 3. The first-order chi connectivity index (χ1) is 13.2. The van der Waals surface area contributed by atoms with Crippen molar-refractivity contribution in [2.24, 2.45) is 0 Å². The van der Waals surface area contributed by atoms with E-state index in [4.69, 9.17) is 9.47 Å². The van der Waals surface area contributed by atoms with Gasteiger partial charge in [-0.05, 0) is 67.6 Å². The molecule has 0 radical (unpaired) electrons. The maximum absolute atomic E-state index is 5.35. The smallest absolute Gasteiger partial charge is 0.118 e. The van der Waals surface area contributed by atoms with Crippen LogP contribution in [0.4, 0.5) is 0 Å². The Hall–Kier alpha value is -2.35. The van der Waals surface area contributed by atoms with Crippen LogP contribution in [0.25, 0.3) is 0 Å². The van der Waals surface area contributed by atoms with E-state index in [0.717, 1.165) is 11.5 Å². The minimum atomic E-state index is -0.691. The van der Waals surface area contributed by atoms with Gasteiger partial charge in [0.05, 0.1) is 14.2 Å². The van der Waals surface area contributed by atoms with Crippen molar-refractivity contribution in [3.05, 3.63) is 78.4 Å². The number of nitrogens with one attached hydrogen (secondary N) is 1. The van der Waals surface area contributed by atoms with Crippen LogP contribution in [0.2, 0.25) is 0 Å². The van der Waals surface area contributed by atoms with Gasteiger partial charge in [0.1, 0.15) is 11.5 Å². The van der Waals surface area contributed by atoms with Crippen LogP contribution < -0.4 is 30.7 Å². The average Bonchev–Trinajstić information content (AvgIpc) is 2.74. The molecule has 3 nitrogen and oxygen atoms in total. The van der Waals surface area contributed by atoms with Crippen LogP contribution in [-0.4, -0.2) is 21.3 Å². The topological polar surface area (TPSA) is 30.5 Å². The first-order valence-corrected chi connectivity index (χ1v) is 10.4. The molecule has 1 N–H and O–H groups in total. The summed E-state index contributed by atoms with van der Waals surface area (Å²) in [5, 5.41) is 7.35. The average molecular weight is 379 g/mol. The predicted molar refractivity (Wildman–Crippen MR) is 116 cm³/mol. The van der Waals surface area contributed by atoms with Gasteiger partial charge in [0.25, 0.3) is 0 Å². The number of rotatable bonds is 7. The van der Waals surface area contributed by atoms with Gasteiger partial charge >= 0.3 is 0 Å². The molecule has 0 saturated heterocycles. The van der Waals surface area contributed by atoms with Crippen molar-refractivity contribution in [3.63, 3.8) is 0 Å². The highest BCUT2D eigenvalue weighted by molar-refractivity contribution is 7.79. The van der Waals surface area contributed by atoms with Gasteiger partial charge in [-0.1, -0.05) is 48.5 Å². The van der Waals surface area contributed by atoms with Crippen LogP contribution in [0.15, 0.2) is 72.8 Å². The maximum Gasteiger partial charge on any atom is 0.118 e. The molecule has 0 aliphatic heterocycles. The van der Waals surface area contributed by atoms with Crippen LogP contribution >= 0.6 is 7.92 Å².